The van der Waals surface area contributed by atoms with Gasteiger partial charge in [-0.3, -0.25) is 14.2 Å². The molecule has 0 spiro atoms. The lowest BCUT2D eigenvalue weighted by Crippen LogP contribution is -2.39. The minimum absolute atomic E-state index is 0.189. The first-order valence-corrected chi connectivity index (χ1v) is 13.5. The van der Waals surface area contributed by atoms with E-state index in [1.165, 1.54) is 10.1 Å². The normalized spacial score (nSPS) is 13.5. The lowest BCUT2D eigenvalue weighted by Gasteiger charge is -2.27. The minimum Gasteiger partial charge on any atom is -0.392 e. The largest absolute Gasteiger partial charge is 0.392 e. The molecule has 0 aliphatic carbocycles. The van der Waals surface area contributed by atoms with Crippen LogP contribution in [0.2, 0.25) is 0 Å². The van der Waals surface area contributed by atoms with Gasteiger partial charge in [-0.05, 0) is 41.5 Å². The molecule has 9 nitrogen and oxygen atoms in total. The summed E-state index contributed by atoms with van der Waals surface area (Å²) >= 11 is 0. The van der Waals surface area contributed by atoms with Gasteiger partial charge in [0.05, 0.1) is 17.8 Å². The fourth-order valence-electron chi connectivity index (χ4n) is 5.58. The second-order valence-electron chi connectivity index (χ2n) is 10.4. The number of pyridine rings is 2. The Hall–Kier alpha value is -4.99. The predicted molar refractivity (Wildman–Crippen MR) is 160 cm³/mol. The molecule has 0 amide bonds. The number of para-hydroxylation sites is 1. The van der Waals surface area contributed by atoms with Crippen LogP contribution < -0.4 is 21.8 Å². The molecule has 4 aromatic heterocycles. The molecule has 2 aromatic carbocycles. The van der Waals surface area contributed by atoms with Crippen molar-refractivity contribution in [1.82, 2.24) is 23.8 Å². The van der Waals surface area contributed by atoms with Gasteiger partial charge < -0.3 is 24.7 Å². The molecule has 1 aliphatic heterocycles. The molecular weight excluding hydrogens is 516 g/mol. The highest BCUT2D eigenvalue weighted by molar-refractivity contribution is 5.87. The number of nitrogens with zero attached hydrogens (tertiary/aromatic N) is 4. The molecule has 3 N–H and O–H groups in total. The Balaban J connectivity index is 1.30. The first-order chi connectivity index (χ1) is 20.0. The highest BCUT2D eigenvalue weighted by Crippen LogP contribution is 2.30. The molecule has 1 aliphatic rings. The van der Waals surface area contributed by atoms with Crippen LogP contribution in [0.25, 0.3) is 33.2 Å². The number of hydrogen-bond acceptors (Lipinski definition) is 6. The van der Waals surface area contributed by atoms with Gasteiger partial charge in [0.25, 0.3) is 11.1 Å². The molecule has 0 atom stereocenters. The molecule has 7 rings (SSSR count). The van der Waals surface area contributed by atoms with E-state index in [1.54, 1.807) is 30.1 Å². The summed E-state index contributed by atoms with van der Waals surface area (Å²) in [5.74, 6) is 1.05. The molecule has 9 heteroatoms. The molecule has 6 aromatic rings. The van der Waals surface area contributed by atoms with Gasteiger partial charge in [-0.15, -0.1) is 0 Å². The first-order valence-electron chi connectivity index (χ1n) is 13.5. The van der Waals surface area contributed by atoms with E-state index in [0.29, 0.717) is 34.2 Å². The van der Waals surface area contributed by atoms with E-state index in [2.05, 4.69) is 15.6 Å². The number of aliphatic hydroxyl groups excluding tert-OH is 1. The smallest absolute Gasteiger partial charge is 0.279 e. The Morgan fingerprint density at radius 3 is 2.59 bits per heavy atom. The summed E-state index contributed by atoms with van der Waals surface area (Å²) in [5, 5.41) is 18.0. The Labute approximate surface area is 235 Å². The van der Waals surface area contributed by atoms with Crippen LogP contribution >= 0.6 is 0 Å². The zero-order valence-electron chi connectivity index (χ0n) is 22.4. The van der Waals surface area contributed by atoms with Gasteiger partial charge >= 0.3 is 0 Å². The minimum atomic E-state index is -0.295. The van der Waals surface area contributed by atoms with E-state index in [1.807, 2.05) is 77.5 Å². The van der Waals surface area contributed by atoms with E-state index in [4.69, 9.17) is 0 Å². The molecule has 204 valence electrons. The zero-order valence-corrected chi connectivity index (χ0v) is 22.4. The fourth-order valence-corrected chi connectivity index (χ4v) is 5.58. The number of anilines is 2. The summed E-state index contributed by atoms with van der Waals surface area (Å²) in [7, 11) is 1.69. The maximum absolute atomic E-state index is 13.7. The maximum atomic E-state index is 13.7. The summed E-state index contributed by atoms with van der Waals surface area (Å²) in [6.07, 6.45) is 7.17. The SMILES string of the molecule is Cn1cc(-c2cccc(-n3ccn4c(cc5ccccc54)c3=O)c2CO)cc(Nc2ccc(C3CNC3)cn2)c1=O. The third kappa shape index (κ3) is 4.23. The molecule has 5 heterocycles. The van der Waals surface area contributed by atoms with Crippen molar-refractivity contribution in [2.75, 3.05) is 18.4 Å². The molecule has 0 saturated carbocycles. The lowest BCUT2D eigenvalue weighted by atomic mass is 9.95. The number of nitrogens with one attached hydrogen (secondary N) is 2. The number of hydrogen-bond donors (Lipinski definition) is 3. The Kier molecular flexibility index (Phi) is 6.03. The standard InChI is InChI=1S/C32H28N6O3/c1-36-18-22(13-26(31(36)40)35-30-10-9-21(17-34-30)23-15-33-16-23)24-6-4-8-28(25(24)19-39)38-12-11-37-27-7-3-2-5-20(27)14-29(37)32(38)41/h2-14,17-18,23,33,39H,15-16,19H2,1H3,(H,34,35). The van der Waals surface area contributed by atoms with E-state index >= 15 is 0 Å². The Bertz CT molecular complexity index is 2050. The summed E-state index contributed by atoms with van der Waals surface area (Å²) in [6.45, 7) is 1.61. The number of benzene rings is 2. The molecule has 1 saturated heterocycles. The van der Waals surface area contributed by atoms with Crippen LogP contribution in [0.1, 0.15) is 17.0 Å². The van der Waals surface area contributed by atoms with Crippen LogP contribution in [-0.2, 0) is 13.7 Å². The predicted octanol–water partition coefficient (Wildman–Crippen LogP) is 3.93. The maximum Gasteiger partial charge on any atom is 0.279 e. The Morgan fingerprint density at radius 2 is 1.83 bits per heavy atom. The highest BCUT2D eigenvalue weighted by atomic mass is 16.3. The average Bonchev–Trinajstić information content (AvgIpc) is 3.35. The van der Waals surface area contributed by atoms with Crippen LogP contribution in [0.5, 0.6) is 0 Å². The van der Waals surface area contributed by atoms with Crippen LogP contribution in [0.4, 0.5) is 11.5 Å². The third-order valence-corrected chi connectivity index (χ3v) is 7.92. The highest BCUT2D eigenvalue weighted by Gasteiger charge is 2.19. The van der Waals surface area contributed by atoms with Gasteiger partial charge in [-0.2, -0.15) is 0 Å². The second-order valence-corrected chi connectivity index (χ2v) is 10.4. The zero-order chi connectivity index (χ0) is 28.1. The summed E-state index contributed by atoms with van der Waals surface area (Å²) in [6, 6.07) is 21.0. The van der Waals surface area contributed by atoms with E-state index in [-0.39, 0.29) is 17.7 Å². The van der Waals surface area contributed by atoms with Crippen LogP contribution in [0, 0.1) is 0 Å². The van der Waals surface area contributed by atoms with E-state index < -0.39 is 0 Å². The van der Waals surface area contributed by atoms with Crippen molar-refractivity contribution in [3.8, 4) is 16.8 Å². The molecular formula is C32H28N6O3. The van der Waals surface area contributed by atoms with E-state index in [0.717, 1.165) is 35.1 Å². The summed E-state index contributed by atoms with van der Waals surface area (Å²) in [4.78, 5) is 31.2. The summed E-state index contributed by atoms with van der Waals surface area (Å²) < 4.78 is 4.95. The van der Waals surface area contributed by atoms with Gasteiger partial charge in [-0.1, -0.05) is 36.4 Å². The molecule has 1 fully saturated rings. The molecule has 0 radical (unpaired) electrons. The number of aliphatic hydroxyl groups is 1. The van der Waals surface area contributed by atoms with Crippen molar-refractivity contribution in [3.05, 3.63) is 123 Å². The quantitative estimate of drug-likeness (QED) is 0.294. The molecule has 0 unspecified atom stereocenters. The van der Waals surface area contributed by atoms with Crippen LogP contribution in [0.15, 0.2) is 101 Å². The summed E-state index contributed by atoms with van der Waals surface area (Å²) in [5.41, 5.74) is 5.24. The molecule has 0 bridgehead atoms. The van der Waals surface area contributed by atoms with E-state index in [9.17, 15) is 14.7 Å². The Morgan fingerprint density at radius 1 is 0.976 bits per heavy atom. The molecule has 41 heavy (non-hydrogen) atoms. The topological polar surface area (TPSA) is 106 Å². The van der Waals surface area contributed by atoms with Gasteiger partial charge in [0.15, 0.2) is 0 Å². The average molecular weight is 545 g/mol. The fraction of sp³-hybridized carbons (Fsp3) is 0.156. The van der Waals surface area contributed by atoms with Gasteiger partial charge in [0, 0.05) is 67.4 Å². The lowest BCUT2D eigenvalue weighted by molar-refractivity contribution is 0.282. The van der Waals surface area contributed by atoms with Crippen molar-refractivity contribution in [2.45, 2.75) is 12.5 Å². The van der Waals surface area contributed by atoms with Gasteiger partial charge in [0.1, 0.15) is 17.0 Å². The van der Waals surface area contributed by atoms with Crippen molar-refractivity contribution in [2.24, 2.45) is 7.05 Å². The third-order valence-electron chi connectivity index (χ3n) is 7.92. The number of fused-ring (bicyclic) bond motifs is 3. The second kappa shape index (κ2) is 9.88. The number of rotatable bonds is 6. The van der Waals surface area contributed by atoms with Crippen molar-refractivity contribution >= 4 is 27.9 Å². The van der Waals surface area contributed by atoms with Gasteiger partial charge in [0.2, 0.25) is 0 Å². The van der Waals surface area contributed by atoms with Crippen molar-refractivity contribution in [1.29, 1.82) is 0 Å². The van der Waals surface area contributed by atoms with Crippen molar-refractivity contribution < 1.29 is 5.11 Å². The van der Waals surface area contributed by atoms with Crippen LogP contribution in [-0.4, -0.2) is 36.7 Å². The number of aryl methyl sites for hydroxylation is 1. The van der Waals surface area contributed by atoms with Crippen molar-refractivity contribution in [3.63, 3.8) is 0 Å². The van der Waals surface area contributed by atoms with Gasteiger partial charge in [-0.25, -0.2) is 4.98 Å². The van der Waals surface area contributed by atoms with Crippen LogP contribution in [0.3, 0.4) is 0 Å². The first kappa shape index (κ1) is 25.0. The number of aromatic nitrogens is 4. The monoisotopic (exact) mass is 544 g/mol.